The Bertz CT molecular complexity index is 248. The van der Waals surface area contributed by atoms with Crippen LogP contribution in [0, 0.1) is 5.92 Å². The zero-order chi connectivity index (χ0) is 12.0. The second-order valence-corrected chi connectivity index (χ2v) is 4.25. The van der Waals surface area contributed by atoms with Gasteiger partial charge in [0.2, 0.25) is 5.91 Å². The highest BCUT2D eigenvalue weighted by molar-refractivity contribution is 5.84. The molecule has 5 heteroatoms. The minimum atomic E-state index is -1.08. The summed E-state index contributed by atoms with van der Waals surface area (Å²) in [5.41, 5.74) is 0. The number of carboxylic acid groups (broad SMARTS) is 1. The van der Waals surface area contributed by atoms with Crippen molar-refractivity contribution in [2.24, 2.45) is 5.92 Å². The Morgan fingerprint density at radius 1 is 1.25 bits per heavy atom. The van der Waals surface area contributed by atoms with Gasteiger partial charge in [0.15, 0.2) is 0 Å². The van der Waals surface area contributed by atoms with Gasteiger partial charge in [-0.3, -0.25) is 4.79 Å². The van der Waals surface area contributed by atoms with Crippen molar-refractivity contribution >= 4 is 11.9 Å². The molecule has 0 aromatic heterocycles. The molecule has 1 saturated carbocycles. The molecule has 0 bridgehead atoms. The summed E-state index contributed by atoms with van der Waals surface area (Å²) in [4.78, 5) is 22.5. The Morgan fingerprint density at radius 2 is 1.88 bits per heavy atom. The molecule has 0 unspecified atom stereocenters. The van der Waals surface area contributed by atoms with Crippen molar-refractivity contribution in [3.8, 4) is 0 Å². The molecule has 5 nitrogen and oxygen atoms in total. The topological polar surface area (TPSA) is 86.6 Å². The number of amides is 1. The zero-order valence-electron chi connectivity index (χ0n) is 9.32. The maximum absolute atomic E-state index is 11.7. The van der Waals surface area contributed by atoms with Gasteiger partial charge in [0.05, 0.1) is 0 Å². The van der Waals surface area contributed by atoms with E-state index in [4.69, 9.17) is 10.2 Å². The fourth-order valence-corrected chi connectivity index (χ4v) is 2.04. The average molecular weight is 229 g/mol. The largest absolute Gasteiger partial charge is 0.480 e. The summed E-state index contributed by atoms with van der Waals surface area (Å²) in [5.74, 6) is -1.31. The van der Waals surface area contributed by atoms with Crippen LogP contribution in [0.2, 0.25) is 0 Å². The molecule has 0 aromatic carbocycles. The molecule has 1 atom stereocenters. The molecule has 1 amide bonds. The normalized spacial score (nSPS) is 19.1. The molecule has 1 fully saturated rings. The van der Waals surface area contributed by atoms with Crippen molar-refractivity contribution in [3.05, 3.63) is 0 Å². The first kappa shape index (κ1) is 13.0. The van der Waals surface area contributed by atoms with Crippen LogP contribution in [0.25, 0.3) is 0 Å². The van der Waals surface area contributed by atoms with Crippen molar-refractivity contribution in [1.29, 1.82) is 0 Å². The molecule has 0 radical (unpaired) electrons. The molecule has 0 aliphatic heterocycles. The lowest BCUT2D eigenvalue weighted by Crippen LogP contribution is -2.44. The summed E-state index contributed by atoms with van der Waals surface area (Å²) in [6, 6.07) is -0.959. The Hall–Kier alpha value is -1.10. The lowest BCUT2D eigenvalue weighted by Gasteiger charge is -2.22. The van der Waals surface area contributed by atoms with Crippen LogP contribution in [0.15, 0.2) is 0 Å². The van der Waals surface area contributed by atoms with Crippen LogP contribution >= 0.6 is 0 Å². The molecular weight excluding hydrogens is 210 g/mol. The number of carbonyl (C=O) groups excluding carboxylic acids is 1. The first-order valence-electron chi connectivity index (χ1n) is 5.79. The fourth-order valence-electron chi connectivity index (χ4n) is 2.04. The summed E-state index contributed by atoms with van der Waals surface area (Å²) in [5, 5.41) is 20.0. The third-order valence-electron chi connectivity index (χ3n) is 3.01. The van der Waals surface area contributed by atoms with Crippen molar-refractivity contribution < 1.29 is 19.8 Å². The Balaban J connectivity index is 2.43. The van der Waals surface area contributed by atoms with Gasteiger partial charge in [-0.15, -0.1) is 0 Å². The Kier molecular flexibility index (Phi) is 5.25. The quantitative estimate of drug-likeness (QED) is 0.641. The maximum atomic E-state index is 11.7. The van der Waals surface area contributed by atoms with Gasteiger partial charge in [0.25, 0.3) is 0 Å². The van der Waals surface area contributed by atoms with Gasteiger partial charge >= 0.3 is 5.97 Å². The zero-order valence-corrected chi connectivity index (χ0v) is 9.32. The summed E-state index contributed by atoms with van der Waals surface area (Å²) in [6.07, 6.45) is 4.98. The van der Waals surface area contributed by atoms with Gasteiger partial charge < -0.3 is 15.5 Å². The molecule has 1 rings (SSSR count). The van der Waals surface area contributed by atoms with Crippen LogP contribution in [-0.4, -0.2) is 34.7 Å². The van der Waals surface area contributed by atoms with Gasteiger partial charge in [-0.1, -0.05) is 19.3 Å². The van der Waals surface area contributed by atoms with Crippen LogP contribution in [0.4, 0.5) is 0 Å². The van der Waals surface area contributed by atoms with E-state index in [9.17, 15) is 9.59 Å². The molecule has 0 spiro atoms. The number of hydrogen-bond donors (Lipinski definition) is 3. The Morgan fingerprint density at radius 3 is 2.38 bits per heavy atom. The monoisotopic (exact) mass is 229 g/mol. The van der Waals surface area contributed by atoms with E-state index in [2.05, 4.69) is 5.32 Å². The van der Waals surface area contributed by atoms with Crippen LogP contribution in [0.1, 0.15) is 38.5 Å². The molecular formula is C11H19NO4. The number of nitrogens with one attached hydrogen (secondary N) is 1. The number of carbonyl (C=O) groups is 2. The van der Waals surface area contributed by atoms with Crippen LogP contribution < -0.4 is 5.32 Å². The summed E-state index contributed by atoms with van der Waals surface area (Å²) in [7, 11) is 0. The predicted molar refractivity (Wildman–Crippen MR) is 57.8 cm³/mol. The van der Waals surface area contributed by atoms with E-state index in [0.717, 1.165) is 32.1 Å². The lowest BCUT2D eigenvalue weighted by molar-refractivity contribution is -0.143. The van der Waals surface area contributed by atoms with E-state index >= 15 is 0 Å². The minimum Gasteiger partial charge on any atom is -0.480 e. The molecule has 0 heterocycles. The first-order valence-corrected chi connectivity index (χ1v) is 5.79. The molecule has 0 saturated heterocycles. The van der Waals surface area contributed by atoms with Gasteiger partial charge in [-0.25, -0.2) is 4.79 Å². The third kappa shape index (κ3) is 3.81. The summed E-state index contributed by atoms with van der Waals surface area (Å²) >= 11 is 0. The second kappa shape index (κ2) is 6.48. The van der Waals surface area contributed by atoms with Gasteiger partial charge in [-0.2, -0.15) is 0 Å². The fraction of sp³-hybridized carbons (Fsp3) is 0.818. The number of carboxylic acids is 1. The molecule has 3 N–H and O–H groups in total. The number of hydrogen-bond acceptors (Lipinski definition) is 3. The molecule has 1 aliphatic carbocycles. The first-order chi connectivity index (χ1) is 7.65. The summed E-state index contributed by atoms with van der Waals surface area (Å²) < 4.78 is 0. The molecule has 16 heavy (non-hydrogen) atoms. The number of aliphatic hydroxyl groups excluding tert-OH is 1. The van der Waals surface area contributed by atoms with Gasteiger partial charge in [0.1, 0.15) is 6.04 Å². The molecule has 92 valence electrons. The SMILES string of the molecule is O=C(N[C@@H](CCO)C(=O)O)C1CCCCC1. The van der Waals surface area contributed by atoms with E-state index < -0.39 is 12.0 Å². The van der Waals surface area contributed by atoms with E-state index in [1.165, 1.54) is 0 Å². The third-order valence-corrected chi connectivity index (χ3v) is 3.01. The van der Waals surface area contributed by atoms with Gasteiger partial charge in [0, 0.05) is 18.9 Å². The highest BCUT2D eigenvalue weighted by Crippen LogP contribution is 2.23. The van der Waals surface area contributed by atoms with E-state index in [1.54, 1.807) is 0 Å². The van der Waals surface area contributed by atoms with Crippen molar-refractivity contribution in [3.63, 3.8) is 0 Å². The highest BCUT2D eigenvalue weighted by Gasteiger charge is 2.25. The van der Waals surface area contributed by atoms with Crippen LogP contribution in [-0.2, 0) is 9.59 Å². The summed E-state index contributed by atoms with van der Waals surface area (Å²) in [6.45, 7) is -0.234. The molecule has 1 aliphatic rings. The maximum Gasteiger partial charge on any atom is 0.326 e. The van der Waals surface area contributed by atoms with E-state index in [-0.39, 0.29) is 24.9 Å². The van der Waals surface area contributed by atoms with Crippen molar-refractivity contribution in [1.82, 2.24) is 5.32 Å². The van der Waals surface area contributed by atoms with E-state index in [1.807, 2.05) is 0 Å². The standard InChI is InChI=1S/C11H19NO4/c13-7-6-9(11(15)16)12-10(14)8-4-2-1-3-5-8/h8-9,13H,1-7H2,(H,12,14)(H,15,16)/t9-/m0/s1. The predicted octanol–water partition coefficient (Wildman–Crippen LogP) is 0.518. The Labute approximate surface area is 94.8 Å². The highest BCUT2D eigenvalue weighted by atomic mass is 16.4. The lowest BCUT2D eigenvalue weighted by atomic mass is 9.88. The van der Waals surface area contributed by atoms with Crippen molar-refractivity contribution in [2.75, 3.05) is 6.61 Å². The van der Waals surface area contributed by atoms with Crippen molar-refractivity contribution in [2.45, 2.75) is 44.6 Å². The van der Waals surface area contributed by atoms with Crippen LogP contribution in [0.5, 0.6) is 0 Å². The minimum absolute atomic E-state index is 0.0470. The number of aliphatic carboxylic acids is 1. The average Bonchev–Trinajstić information content (AvgIpc) is 2.29. The van der Waals surface area contributed by atoms with Crippen LogP contribution in [0.3, 0.4) is 0 Å². The molecule has 0 aromatic rings. The number of rotatable bonds is 5. The number of aliphatic hydroxyl groups is 1. The second-order valence-electron chi connectivity index (χ2n) is 4.25. The van der Waals surface area contributed by atoms with Gasteiger partial charge in [-0.05, 0) is 12.8 Å². The van der Waals surface area contributed by atoms with E-state index in [0.29, 0.717) is 0 Å². The smallest absolute Gasteiger partial charge is 0.326 e.